The van der Waals surface area contributed by atoms with Crippen LogP contribution in [0.3, 0.4) is 0 Å². The van der Waals surface area contributed by atoms with Crippen molar-refractivity contribution in [3.63, 3.8) is 0 Å². The van der Waals surface area contributed by atoms with Gasteiger partial charge < -0.3 is 14.6 Å². The van der Waals surface area contributed by atoms with Gasteiger partial charge in [-0.3, -0.25) is 4.79 Å². The maximum absolute atomic E-state index is 12.4. The largest absolute Gasteiger partial charge is 0.484 e. The second-order valence-corrected chi connectivity index (χ2v) is 8.33. The summed E-state index contributed by atoms with van der Waals surface area (Å²) >= 11 is 13.4. The van der Waals surface area contributed by atoms with Gasteiger partial charge in [-0.05, 0) is 36.2 Å². The molecule has 0 fully saturated rings. The number of para-hydroxylation sites is 1. The van der Waals surface area contributed by atoms with E-state index in [1.165, 1.54) is 11.8 Å². The van der Waals surface area contributed by atoms with Gasteiger partial charge in [0.2, 0.25) is 5.91 Å². The van der Waals surface area contributed by atoms with Gasteiger partial charge in [0.25, 0.3) is 0 Å². The number of amides is 1. The van der Waals surface area contributed by atoms with Crippen LogP contribution in [-0.4, -0.2) is 26.4 Å². The highest BCUT2D eigenvalue weighted by Crippen LogP contribution is 2.25. The van der Waals surface area contributed by atoms with Crippen LogP contribution >= 0.6 is 35.0 Å². The minimum absolute atomic E-state index is 0.0607. The SMILES string of the molecule is CCC(NC(=O)CSc1nnc(COc2ccccc2Cl)n1C)c1ccc(Cl)cc1. The lowest BCUT2D eigenvalue weighted by molar-refractivity contribution is -0.119. The molecule has 1 atom stereocenters. The van der Waals surface area contributed by atoms with E-state index >= 15 is 0 Å². The quantitative estimate of drug-likeness (QED) is 0.448. The summed E-state index contributed by atoms with van der Waals surface area (Å²) in [5, 5.41) is 13.2. The van der Waals surface area contributed by atoms with Gasteiger partial charge in [0, 0.05) is 12.1 Å². The lowest BCUT2D eigenvalue weighted by atomic mass is 10.0. The molecule has 1 N–H and O–H groups in total. The Morgan fingerprint density at radius 3 is 2.60 bits per heavy atom. The van der Waals surface area contributed by atoms with Crippen LogP contribution in [0, 0.1) is 0 Å². The zero-order valence-electron chi connectivity index (χ0n) is 16.6. The average Bonchev–Trinajstić information content (AvgIpc) is 3.10. The van der Waals surface area contributed by atoms with Gasteiger partial charge in [0.1, 0.15) is 12.4 Å². The maximum atomic E-state index is 12.4. The predicted molar refractivity (Wildman–Crippen MR) is 120 cm³/mol. The van der Waals surface area contributed by atoms with Gasteiger partial charge >= 0.3 is 0 Å². The Morgan fingerprint density at radius 1 is 1.17 bits per heavy atom. The number of hydrogen-bond donors (Lipinski definition) is 1. The number of benzene rings is 2. The number of halogens is 2. The van der Waals surface area contributed by atoms with E-state index in [-0.39, 0.29) is 24.3 Å². The number of nitrogens with one attached hydrogen (secondary N) is 1. The van der Waals surface area contributed by atoms with Gasteiger partial charge in [-0.1, -0.05) is 66.2 Å². The molecule has 3 rings (SSSR count). The van der Waals surface area contributed by atoms with Crippen molar-refractivity contribution in [2.45, 2.75) is 31.1 Å². The van der Waals surface area contributed by atoms with Crippen molar-refractivity contribution in [3.8, 4) is 5.75 Å². The van der Waals surface area contributed by atoms with E-state index in [1.54, 1.807) is 12.1 Å². The molecule has 30 heavy (non-hydrogen) atoms. The number of carbonyl (C=O) groups excluding carboxylic acids is 1. The van der Waals surface area contributed by atoms with E-state index in [0.29, 0.717) is 26.8 Å². The summed E-state index contributed by atoms with van der Waals surface area (Å²) in [5.41, 5.74) is 1.03. The fourth-order valence-corrected chi connectivity index (χ4v) is 3.84. The van der Waals surface area contributed by atoms with Crippen LogP contribution < -0.4 is 10.1 Å². The van der Waals surface area contributed by atoms with Crippen LogP contribution in [0.25, 0.3) is 0 Å². The van der Waals surface area contributed by atoms with Gasteiger partial charge in [-0.25, -0.2) is 0 Å². The summed E-state index contributed by atoms with van der Waals surface area (Å²) in [6.45, 7) is 2.26. The second kappa shape index (κ2) is 10.7. The first kappa shape index (κ1) is 22.5. The Bertz CT molecular complexity index is 995. The molecule has 0 radical (unpaired) electrons. The number of aromatic nitrogens is 3. The number of nitrogens with zero attached hydrogens (tertiary/aromatic N) is 3. The van der Waals surface area contributed by atoms with Crippen molar-refractivity contribution in [1.82, 2.24) is 20.1 Å². The van der Waals surface area contributed by atoms with Crippen LogP contribution in [0.2, 0.25) is 10.0 Å². The molecule has 2 aromatic carbocycles. The highest BCUT2D eigenvalue weighted by Gasteiger charge is 2.16. The average molecular weight is 465 g/mol. The molecular formula is C21H22Cl2N4O2S. The molecule has 158 valence electrons. The van der Waals surface area contributed by atoms with Crippen LogP contribution in [0.4, 0.5) is 0 Å². The molecule has 1 aromatic heterocycles. The van der Waals surface area contributed by atoms with Crippen molar-refractivity contribution in [2.75, 3.05) is 5.75 Å². The Hall–Kier alpha value is -2.22. The number of carbonyl (C=O) groups is 1. The Labute approximate surface area is 189 Å². The Kier molecular flexibility index (Phi) is 8.01. The van der Waals surface area contributed by atoms with E-state index in [1.807, 2.05) is 54.9 Å². The molecule has 3 aromatic rings. The second-order valence-electron chi connectivity index (χ2n) is 6.55. The molecule has 0 saturated heterocycles. The minimum atomic E-state index is -0.0707. The fraction of sp³-hybridized carbons (Fsp3) is 0.286. The Morgan fingerprint density at radius 2 is 1.90 bits per heavy atom. The van der Waals surface area contributed by atoms with E-state index in [4.69, 9.17) is 27.9 Å². The van der Waals surface area contributed by atoms with Crippen molar-refractivity contribution >= 4 is 40.9 Å². The summed E-state index contributed by atoms with van der Waals surface area (Å²) in [5.74, 6) is 1.40. The summed E-state index contributed by atoms with van der Waals surface area (Å²) in [6.07, 6.45) is 0.783. The first-order chi connectivity index (χ1) is 14.5. The molecule has 0 aliphatic heterocycles. The minimum Gasteiger partial charge on any atom is -0.484 e. The Balaban J connectivity index is 1.53. The van der Waals surface area contributed by atoms with Crippen molar-refractivity contribution in [3.05, 3.63) is 70.0 Å². The van der Waals surface area contributed by atoms with Crippen LogP contribution in [-0.2, 0) is 18.4 Å². The molecular weight excluding hydrogens is 443 g/mol. The normalized spacial score (nSPS) is 11.9. The monoisotopic (exact) mass is 464 g/mol. The zero-order valence-corrected chi connectivity index (χ0v) is 19.0. The van der Waals surface area contributed by atoms with Gasteiger partial charge in [0.15, 0.2) is 11.0 Å². The van der Waals surface area contributed by atoms with Crippen molar-refractivity contribution in [2.24, 2.45) is 7.05 Å². The third kappa shape index (κ3) is 5.90. The van der Waals surface area contributed by atoms with Crippen molar-refractivity contribution in [1.29, 1.82) is 0 Å². The summed E-state index contributed by atoms with van der Waals surface area (Å²) < 4.78 is 7.52. The molecule has 0 aliphatic carbocycles. The lowest BCUT2D eigenvalue weighted by Gasteiger charge is -2.17. The van der Waals surface area contributed by atoms with Crippen LogP contribution in [0.1, 0.15) is 30.8 Å². The maximum Gasteiger partial charge on any atom is 0.230 e. The third-order valence-corrected chi connectivity index (χ3v) is 6.05. The molecule has 6 nitrogen and oxygen atoms in total. The van der Waals surface area contributed by atoms with E-state index in [2.05, 4.69) is 15.5 Å². The zero-order chi connectivity index (χ0) is 21.5. The predicted octanol–water partition coefficient (Wildman–Crippen LogP) is 5.06. The highest BCUT2D eigenvalue weighted by molar-refractivity contribution is 7.99. The first-order valence-corrected chi connectivity index (χ1v) is 11.1. The number of rotatable bonds is 9. The van der Waals surface area contributed by atoms with E-state index in [9.17, 15) is 4.79 Å². The number of hydrogen-bond acceptors (Lipinski definition) is 5. The molecule has 1 unspecified atom stereocenters. The lowest BCUT2D eigenvalue weighted by Crippen LogP contribution is -2.29. The molecule has 0 saturated carbocycles. The summed E-state index contributed by atoms with van der Waals surface area (Å²) in [4.78, 5) is 12.4. The van der Waals surface area contributed by atoms with Gasteiger partial charge in [-0.2, -0.15) is 0 Å². The smallest absolute Gasteiger partial charge is 0.230 e. The molecule has 1 heterocycles. The summed E-state index contributed by atoms with van der Waals surface area (Å²) in [7, 11) is 1.84. The van der Waals surface area contributed by atoms with Crippen molar-refractivity contribution < 1.29 is 9.53 Å². The topological polar surface area (TPSA) is 69.0 Å². The standard InChI is InChI=1S/C21H22Cl2N4O2S/c1-3-17(14-8-10-15(22)11-9-14)24-20(28)13-30-21-26-25-19(27(21)2)12-29-18-7-5-4-6-16(18)23/h4-11,17H,3,12-13H2,1-2H3,(H,24,28). The number of ether oxygens (including phenoxy) is 1. The van der Waals surface area contributed by atoms with E-state index < -0.39 is 0 Å². The van der Waals surface area contributed by atoms with E-state index in [0.717, 1.165) is 12.0 Å². The van der Waals surface area contributed by atoms with Gasteiger partial charge in [-0.15, -0.1) is 10.2 Å². The highest BCUT2D eigenvalue weighted by atomic mass is 35.5. The third-order valence-electron chi connectivity index (χ3n) is 4.47. The fourth-order valence-electron chi connectivity index (χ4n) is 2.78. The molecule has 0 spiro atoms. The molecule has 9 heteroatoms. The van der Waals surface area contributed by atoms with Crippen LogP contribution in [0.5, 0.6) is 5.75 Å². The molecule has 0 aliphatic rings. The molecule has 1 amide bonds. The number of thioether (sulfide) groups is 1. The first-order valence-electron chi connectivity index (χ1n) is 9.41. The van der Waals surface area contributed by atoms with Gasteiger partial charge in [0.05, 0.1) is 16.8 Å². The summed E-state index contributed by atoms with van der Waals surface area (Å²) in [6, 6.07) is 14.7. The van der Waals surface area contributed by atoms with Crippen LogP contribution in [0.15, 0.2) is 53.7 Å². The molecule has 0 bridgehead atoms.